The molecule has 1 heterocycles. The van der Waals surface area contributed by atoms with Crippen molar-refractivity contribution in [3.63, 3.8) is 0 Å². The van der Waals surface area contributed by atoms with Gasteiger partial charge in [-0.3, -0.25) is 14.2 Å². The first-order valence-corrected chi connectivity index (χ1v) is 11.6. The number of nitriles is 1. The van der Waals surface area contributed by atoms with Crippen LogP contribution in [-0.4, -0.2) is 23.6 Å². The highest BCUT2D eigenvalue weighted by Gasteiger charge is 2.27. The molecule has 0 atom stereocenters. The number of benzene rings is 2. The highest BCUT2D eigenvalue weighted by Crippen LogP contribution is 2.20. The lowest BCUT2D eigenvalue weighted by atomic mass is 9.87. The van der Waals surface area contributed by atoms with E-state index < -0.39 is 17.6 Å². The Labute approximate surface area is 205 Å². The number of hydrogen-bond donors (Lipinski definition) is 0. The van der Waals surface area contributed by atoms with Crippen LogP contribution in [0.1, 0.15) is 33.3 Å². The molecule has 0 N–H and O–H groups in total. The quantitative estimate of drug-likeness (QED) is 0.492. The zero-order chi connectivity index (χ0) is 25.8. The number of carbonyl (C=O) groups is 1. The number of thiazole rings is 1. The molecule has 35 heavy (non-hydrogen) atoms. The standard InChI is InChI=1S/C26H24F2N2O4S/c1-5-33-18-12-8-17(9-13-18)30-23(32)21(14-16-6-10-19(11-7-16)34-25(27)28)35-24(30)20(15-29)22(31)26(2,3)4/h6-14,25H,5H2,1-4H3/b21-14-,24-20+. The number of carbonyl (C=O) groups excluding carboxylic acids is 1. The molecular formula is C26H24F2N2O4S. The van der Waals surface area contributed by atoms with Gasteiger partial charge in [0.1, 0.15) is 27.8 Å². The molecule has 0 fully saturated rings. The monoisotopic (exact) mass is 498 g/mol. The van der Waals surface area contributed by atoms with Gasteiger partial charge < -0.3 is 9.47 Å². The Morgan fingerprint density at radius 2 is 1.71 bits per heavy atom. The SMILES string of the molecule is CCOc1ccc(-n2c(=O)/c(=C/c3ccc(OC(F)F)cc3)s/c2=C(\C#N)C(=O)C(C)(C)C)cc1. The van der Waals surface area contributed by atoms with Crippen LogP contribution in [-0.2, 0) is 4.79 Å². The fraction of sp³-hybridized carbons (Fsp3) is 0.269. The van der Waals surface area contributed by atoms with Crippen molar-refractivity contribution in [3.8, 4) is 23.3 Å². The van der Waals surface area contributed by atoms with Crippen LogP contribution in [0.3, 0.4) is 0 Å². The van der Waals surface area contributed by atoms with Crippen molar-refractivity contribution in [1.29, 1.82) is 5.26 Å². The van der Waals surface area contributed by atoms with Crippen LogP contribution >= 0.6 is 11.3 Å². The molecule has 0 unspecified atom stereocenters. The van der Waals surface area contributed by atoms with Crippen molar-refractivity contribution in [2.75, 3.05) is 6.61 Å². The van der Waals surface area contributed by atoms with Gasteiger partial charge in [0, 0.05) is 5.41 Å². The number of rotatable bonds is 7. The molecule has 0 aliphatic carbocycles. The summed E-state index contributed by atoms with van der Waals surface area (Å²) in [5.74, 6) is 0.224. The van der Waals surface area contributed by atoms with E-state index in [1.807, 2.05) is 13.0 Å². The van der Waals surface area contributed by atoms with E-state index in [4.69, 9.17) is 4.74 Å². The van der Waals surface area contributed by atoms with Gasteiger partial charge in [0.25, 0.3) is 5.56 Å². The first-order chi connectivity index (χ1) is 16.5. The average Bonchev–Trinajstić information content (AvgIpc) is 3.11. The summed E-state index contributed by atoms with van der Waals surface area (Å²) in [6, 6.07) is 14.6. The number of Topliss-reactive ketones (excluding diaryl/α,β-unsaturated/α-hetero) is 1. The first kappa shape index (κ1) is 25.8. The fourth-order valence-electron chi connectivity index (χ4n) is 3.21. The van der Waals surface area contributed by atoms with Crippen LogP contribution in [0.2, 0.25) is 0 Å². The number of ether oxygens (including phenoxy) is 2. The van der Waals surface area contributed by atoms with Gasteiger partial charge in [-0.25, -0.2) is 0 Å². The van der Waals surface area contributed by atoms with E-state index in [1.165, 1.54) is 28.8 Å². The number of aromatic nitrogens is 1. The number of alkyl halides is 2. The zero-order valence-electron chi connectivity index (χ0n) is 19.7. The van der Waals surface area contributed by atoms with Crippen molar-refractivity contribution in [2.45, 2.75) is 34.3 Å². The van der Waals surface area contributed by atoms with E-state index >= 15 is 0 Å². The van der Waals surface area contributed by atoms with E-state index in [2.05, 4.69) is 4.74 Å². The van der Waals surface area contributed by atoms with Crippen molar-refractivity contribution in [1.82, 2.24) is 4.57 Å². The number of halogens is 2. The third kappa shape index (κ3) is 6.03. The number of nitrogens with zero attached hydrogens (tertiary/aromatic N) is 2. The highest BCUT2D eigenvalue weighted by atomic mass is 32.1. The van der Waals surface area contributed by atoms with E-state index in [0.717, 1.165) is 11.3 Å². The molecule has 3 rings (SSSR count). The summed E-state index contributed by atoms with van der Waals surface area (Å²) in [6.07, 6.45) is 1.57. The minimum absolute atomic E-state index is 0.00769. The van der Waals surface area contributed by atoms with Gasteiger partial charge in [-0.05, 0) is 55.0 Å². The van der Waals surface area contributed by atoms with Crippen LogP contribution in [0.15, 0.2) is 53.3 Å². The van der Waals surface area contributed by atoms with Crippen molar-refractivity contribution in [3.05, 3.63) is 73.6 Å². The third-order valence-corrected chi connectivity index (χ3v) is 5.96. The van der Waals surface area contributed by atoms with E-state index in [-0.39, 0.29) is 26.3 Å². The normalized spacial score (nSPS) is 12.9. The van der Waals surface area contributed by atoms with Crippen molar-refractivity contribution < 1.29 is 23.0 Å². The Bertz CT molecular complexity index is 1430. The predicted octanol–water partition coefficient (Wildman–Crippen LogP) is 4.02. The van der Waals surface area contributed by atoms with E-state index in [1.54, 1.807) is 51.1 Å². The Morgan fingerprint density at radius 1 is 1.11 bits per heavy atom. The van der Waals surface area contributed by atoms with Crippen LogP contribution in [0, 0.1) is 16.7 Å². The molecular weight excluding hydrogens is 474 g/mol. The topological polar surface area (TPSA) is 81.3 Å². The van der Waals surface area contributed by atoms with Crippen LogP contribution in [0.5, 0.6) is 11.5 Å². The molecule has 0 saturated heterocycles. The molecule has 0 aliphatic heterocycles. The molecule has 0 aliphatic rings. The molecule has 1 aromatic heterocycles. The Hall–Kier alpha value is -3.77. The van der Waals surface area contributed by atoms with Gasteiger partial charge in [0.2, 0.25) is 0 Å². The van der Waals surface area contributed by atoms with Gasteiger partial charge in [0.15, 0.2) is 5.78 Å². The molecule has 0 saturated carbocycles. The van der Waals surface area contributed by atoms with E-state index in [9.17, 15) is 23.6 Å². The molecule has 6 nitrogen and oxygen atoms in total. The maximum Gasteiger partial charge on any atom is 0.387 e. The largest absolute Gasteiger partial charge is 0.494 e. The minimum atomic E-state index is -2.94. The second-order valence-corrected chi connectivity index (χ2v) is 9.53. The third-order valence-electron chi connectivity index (χ3n) is 4.87. The molecule has 3 aromatic rings. The summed E-state index contributed by atoms with van der Waals surface area (Å²) in [4.78, 5) is 26.5. The summed E-state index contributed by atoms with van der Waals surface area (Å²) in [6.45, 7) is 4.51. The van der Waals surface area contributed by atoms with Gasteiger partial charge >= 0.3 is 6.61 Å². The summed E-state index contributed by atoms with van der Waals surface area (Å²) in [5.41, 5.74) is -0.333. The Kier molecular flexibility index (Phi) is 7.87. The molecule has 2 aromatic carbocycles. The average molecular weight is 499 g/mol. The second kappa shape index (κ2) is 10.7. The molecule has 182 valence electrons. The second-order valence-electron chi connectivity index (χ2n) is 8.50. The molecule has 0 spiro atoms. The number of hydrogen-bond acceptors (Lipinski definition) is 6. The lowest BCUT2D eigenvalue weighted by molar-refractivity contribution is -0.120. The lowest BCUT2D eigenvalue weighted by Crippen LogP contribution is -2.33. The summed E-state index contributed by atoms with van der Waals surface area (Å²) in [5, 5.41) is 9.87. The first-order valence-electron chi connectivity index (χ1n) is 10.8. The van der Waals surface area contributed by atoms with Gasteiger partial charge in [-0.1, -0.05) is 32.9 Å². The maximum atomic E-state index is 13.5. The highest BCUT2D eigenvalue weighted by molar-refractivity contribution is 7.07. The lowest BCUT2D eigenvalue weighted by Gasteiger charge is -2.15. The van der Waals surface area contributed by atoms with Gasteiger partial charge in [-0.15, -0.1) is 11.3 Å². The Balaban J connectivity index is 2.27. The van der Waals surface area contributed by atoms with Crippen molar-refractivity contribution in [2.24, 2.45) is 5.41 Å². The molecule has 0 radical (unpaired) electrons. The maximum absolute atomic E-state index is 13.5. The molecule has 0 amide bonds. The van der Waals surface area contributed by atoms with Crippen LogP contribution in [0.25, 0.3) is 17.3 Å². The minimum Gasteiger partial charge on any atom is -0.494 e. The fourth-order valence-corrected chi connectivity index (χ4v) is 4.31. The van der Waals surface area contributed by atoms with Crippen LogP contribution < -0.4 is 24.2 Å². The molecule has 9 heteroatoms. The summed E-state index contributed by atoms with van der Waals surface area (Å²) < 4.78 is 36.5. The van der Waals surface area contributed by atoms with Crippen molar-refractivity contribution >= 4 is 28.8 Å². The van der Waals surface area contributed by atoms with Gasteiger partial charge in [0.05, 0.1) is 16.8 Å². The van der Waals surface area contributed by atoms with Crippen LogP contribution in [0.4, 0.5) is 8.78 Å². The molecule has 0 bridgehead atoms. The predicted molar refractivity (Wildman–Crippen MR) is 130 cm³/mol. The Morgan fingerprint density at radius 3 is 2.23 bits per heavy atom. The number of ketones is 1. The smallest absolute Gasteiger partial charge is 0.387 e. The van der Waals surface area contributed by atoms with E-state index in [0.29, 0.717) is 23.6 Å². The summed E-state index contributed by atoms with van der Waals surface area (Å²) in [7, 11) is 0. The summed E-state index contributed by atoms with van der Waals surface area (Å²) >= 11 is 1.01. The van der Waals surface area contributed by atoms with Gasteiger partial charge in [-0.2, -0.15) is 14.0 Å². The zero-order valence-corrected chi connectivity index (χ0v) is 20.5.